The minimum absolute atomic E-state index is 0.293. The van der Waals surface area contributed by atoms with Gasteiger partial charge in [-0.2, -0.15) is 0 Å². The monoisotopic (exact) mass is 309 g/mol. The van der Waals surface area contributed by atoms with Gasteiger partial charge >= 0.3 is 5.97 Å². The molecule has 0 aliphatic rings. The van der Waals surface area contributed by atoms with Crippen molar-refractivity contribution in [1.82, 2.24) is 5.32 Å². The number of methoxy groups -OCH3 is 1. The van der Waals surface area contributed by atoms with Gasteiger partial charge in [-0.15, -0.1) is 11.8 Å². The number of amides is 1. The number of rotatable bonds is 8. The summed E-state index contributed by atoms with van der Waals surface area (Å²) in [5.41, 5.74) is 0.897. The van der Waals surface area contributed by atoms with Crippen LogP contribution in [0.2, 0.25) is 0 Å². The van der Waals surface area contributed by atoms with Gasteiger partial charge in [-0.3, -0.25) is 4.79 Å². The Hall–Kier alpha value is -1.79. The van der Waals surface area contributed by atoms with Gasteiger partial charge in [0.2, 0.25) is 0 Å². The molecule has 0 aliphatic heterocycles. The van der Waals surface area contributed by atoms with E-state index in [1.165, 1.54) is 6.08 Å². The molecule has 0 saturated carbocycles. The molecule has 0 fully saturated rings. The number of benzene rings is 1. The van der Waals surface area contributed by atoms with E-state index >= 15 is 0 Å². The molecule has 0 heterocycles. The third kappa shape index (κ3) is 7.53. The standard InChI is InChI=1S/C15H19NO4S/c1-19-10-9-16-14(17)11-20-15(18)8-5-12-3-6-13(21-2)7-4-12/h3-8H,9-11H2,1-2H3,(H,16,17)/b8-5+. The number of esters is 1. The lowest BCUT2D eigenvalue weighted by atomic mass is 10.2. The molecule has 6 heteroatoms. The molecule has 1 aromatic rings. The van der Waals surface area contributed by atoms with E-state index in [1.807, 2.05) is 30.5 Å². The van der Waals surface area contributed by atoms with Crippen molar-refractivity contribution in [3.05, 3.63) is 35.9 Å². The first-order chi connectivity index (χ1) is 10.2. The molecule has 21 heavy (non-hydrogen) atoms. The number of carbonyl (C=O) groups is 2. The van der Waals surface area contributed by atoms with Gasteiger partial charge in [0.05, 0.1) is 6.61 Å². The molecule has 1 N–H and O–H groups in total. The maximum atomic E-state index is 11.5. The number of hydrogen-bond donors (Lipinski definition) is 1. The van der Waals surface area contributed by atoms with Gasteiger partial charge in [0, 0.05) is 24.6 Å². The number of hydrogen-bond acceptors (Lipinski definition) is 5. The van der Waals surface area contributed by atoms with Crippen molar-refractivity contribution in [1.29, 1.82) is 0 Å². The Kier molecular flexibility index (Phi) is 8.23. The Morgan fingerprint density at radius 1 is 1.29 bits per heavy atom. The van der Waals surface area contributed by atoms with Crippen LogP contribution in [0.3, 0.4) is 0 Å². The summed E-state index contributed by atoms with van der Waals surface area (Å²) in [6.45, 7) is 0.522. The third-order valence-electron chi connectivity index (χ3n) is 2.50. The summed E-state index contributed by atoms with van der Waals surface area (Å²) in [5.74, 6) is -0.899. The van der Waals surface area contributed by atoms with Crippen LogP contribution in [0.25, 0.3) is 6.08 Å². The molecule has 0 bridgehead atoms. The molecule has 0 unspecified atom stereocenters. The minimum Gasteiger partial charge on any atom is -0.452 e. The highest BCUT2D eigenvalue weighted by molar-refractivity contribution is 7.98. The highest BCUT2D eigenvalue weighted by Gasteiger charge is 2.04. The fourth-order valence-electron chi connectivity index (χ4n) is 1.41. The van der Waals surface area contributed by atoms with Crippen LogP contribution in [-0.2, 0) is 19.1 Å². The van der Waals surface area contributed by atoms with Crippen molar-refractivity contribution < 1.29 is 19.1 Å². The molecule has 0 saturated heterocycles. The van der Waals surface area contributed by atoms with Crippen LogP contribution in [0, 0.1) is 0 Å². The van der Waals surface area contributed by atoms with Gasteiger partial charge in [0.25, 0.3) is 5.91 Å². The maximum Gasteiger partial charge on any atom is 0.331 e. The lowest BCUT2D eigenvalue weighted by Crippen LogP contribution is -2.31. The van der Waals surface area contributed by atoms with Crippen molar-refractivity contribution >= 4 is 29.7 Å². The molecule has 0 aliphatic carbocycles. The van der Waals surface area contributed by atoms with Crippen molar-refractivity contribution in [3.8, 4) is 0 Å². The third-order valence-corrected chi connectivity index (χ3v) is 3.25. The second-order valence-electron chi connectivity index (χ2n) is 4.06. The zero-order chi connectivity index (χ0) is 15.5. The van der Waals surface area contributed by atoms with E-state index in [4.69, 9.17) is 9.47 Å². The van der Waals surface area contributed by atoms with Crippen molar-refractivity contribution in [2.24, 2.45) is 0 Å². The van der Waals surface area contributed by atoms with Gasteiger partial charge in [-0.1, -0.05) is 12.1 Å². The summed E-state index contributed by atoms with van der Waals surface area (Å²) in [6.07, 6.45) is 4.95. The van der Waals surface area contributed by atoms with Crippen LogP contribution >= 0.6 is 11.8 Å². The van der Waals surface area contributed by atoms with Gasteiger partial charge in [-0.05, 0) is 30.0 Å². The predicted octanol–water partition coefficient (Wildman–Crippen LogP) is 1.73. The quantitative estimate of drug-likeness (QED) is 0.343. The van der Waals surface area contributed by atoms with Crippen LogP contribution in [0.4, 0.5) is 0 Å². The van der Waals surface area contributed by atoms with Gasteiger partial charge in [-0.25, -0.2) is 4.79 Å². The molecule has 0 atom stereocenters. The summed E-state index contributed by atoms with van der Waals surface area (Å²) in [7, 11) is 1.54. The first-order valence-electron chi connectivity index (χ1n) is 6.40. The first kappa shape index (κ1) is 17.3. The van der Waals surface area contributed by atoms with Crippen molar-refractivity contribution in [2.45, 2.75) is 4.90 Å². The van der Waals surface area contributed by atoms with Crippen LogP contribution in [-0.4, -0.2) is 45.0 Å². The first-order valence-corrected chi connectivity index (χ1v) is 7.62. The summed E-state index contributed by atoms with van der Waals surface area (Å²) in [6, 6.07) is 7.76. The number of ether oxygens (including phenoxy) is 2. The fraction of sp³-hybridized carbons (Fsp3) is 0.333. The molecule has 0 radical (unpaired) electrons. The zero-order valence-electron chi connectivity index (χ0n) is 12.1. The summed E-state index contributed by atoms with van der Waals surface area (Å²) < 4.78 is 9.61. The van der Waals surface area contributed by atoms with Crippen LogP contribution in [0.5, 0.6) is 0 Å². The van der Waals surface area contributed by atoms with E-state index in [9.17, 15) is 9.59 Å². The van der Waals surface area contributed by atoms with Gasteiger partial charge in [0.15, 0.2) is 6.61 Å². The Balaban J connectivity index is 2.32. The SMILES string of the molecule is COCCNC(=O)COC(=O)/C=C/c1ccc(SC)cc1. The Bertz CT molecular complexity index is 485. The predicted molar refractivity (Wildman–Crippen MR) is 83.1 cm³/mol. The maximum absolute atomic E-state index is 11.5. The van der Waals surface area contributed by atoms with E-state index in [1.54, 1.807) is 24.9 Å². The lowest BCUT2D eigenvalue weighted by molar-refractivity contribution is -0.143. The summed E-state index contributed by atoms with van der Waals surface area (Å²) in [4.78, 5) is 23.9. The molecule has 1 aromatic carbocycles. The Morgan fingerprint density at radius 3 is 2.62 bits per heavy atom. The molecule has 114 valence electrons. The van der Waals surface area contributed by atoms with Crippen LogP contribution in [0.1, 0.15) is 5.56 Å². The average molecular weight is 309 g/mol. The largest absolute Gasteiger partial charge is 0.452 e. The minimum atomic E-state index is -0.550. The molecule has 0 aromatic heterocycles. The summed E-state index contributed by atoms with van der Waals surface area (Å²) >= 11 is 1.65. The molecular formula is C15H19NO4S. The number of thioether (sulfide) groups is 1. The summed E-state index contributed by atoms with van der Waals surface area (Å²) in [5, 5.41) is 2.56. The number of carbonyl (C=O) groups excluding carboxylic acids is 2. The van der Waals surface area contributed by atoms with E-state index in [-0.39, 0.29) is 12.5 Å². The number of nitrogens with one attached hydrogen (secondary N) is 1. The highest BCUT2D eigenvalue weighted by atomic mass is 32.2. The van der Waals surface area contributed by atoms with Crippen molar-refractivity contribution in [2.75, 3.05) is 33.1 Å². The molecular weight excluding hydrogens is 290 g/mol. The Labute approximate surface area is 128 Å². The molecule has 1 rings (SSSR count). The van der Waals surface area contributed by atoms with Crippen LogP contribution in [0.15, 0.2) is 35.2 Å². The fourth-order valence-corrected chi connectivity index (χ4v) is 1.82. The zero-order valence-corrected chi connectivity index (χ0v) is 12.9. The van der Waals surface area contributed by atoms with E-state index in [2.05, 4.69) is 5.32 Å². The lowest BCUT2D eigenvalue weighted by Gasteiger charge is -2.04. The highest BCUT2D eigenvalue weighted by Crippen LogP contribution is 2.15. The normalized spacial score (nSPS) is 10.6. The molecule has 0 spiro atoms. The topological polar surface area (TPSA) is 64.6 Å². The smallest absolute Gasteiger partial charge is 0.331 e. The van der Waals surface area contributed by atoms with Crippen LogP contribution < -0.4 is 5.32 Å². The van der Waals surface area contributed by atoms with E-state index in [0.29, 0.717) is 13.2 Å². The van der Waals surface area contributed by atoms with Gasteiger partial charge in [0.1, 0.15) is 0 Å². The van der Waals surface area contributed by atoms with E-state index < -0.39 is 5.97 Å². The second kappa shape index (κ2) is 10.0. The van der Waals surface area contributed by atoms with Gasteiger partial charge < -0.3 is 14.8 Å². The molecule has 1 amide bonds. The van der Waals surface area contributed by atoms with Crippen molar-refractivity contribution in [3.63, 3.8) is 0 Å². The Morgan fingerprint density at radius 2 is 2.00 bits per heavy atom. The molecule has 5 nitrogen and oxygen atoms in total. The average Bonchev–Trinajstić information content (AvgIpc) is 2.51. The van der Waals surface area contributed by atoms with E-state index in [0.717, 1.165) is 10.5 Å². The second-order valence-corrected chi connectivity index (χ2v) is 4.94.